The summed E-state index contributed by atoms with van der Waals surface area (Å²) in [6.45, 7) is 2.54. The molecule has 8 heteroatoms. The summed E-state index contributed by atoms with van der Waals surface area (Å²) < 4.78 is 26.6. The van der Waals surface area contributed by atoms with Gasteiger partial charge in [-0.3, -0.25) is 19.8 Å². The Bertz CT molecular complexity index is 816. The number of amides is 1. The van der Waals surface area contributed by atoms with E-state index >= 15 is 0 Å². The summed E-state index contributed by atoms with van der Waals surface area (Å²) in [7, 11) is 0. The number of nitrogens with zero attached hydrogens (tertiary/aromatic N) is 3. The van der Waals surface area contributed by atoms with Gasteiger partial charge in [0, 0.05) is 56.5 Å². The molecule has 0 N–H and O–H groups in total. The maximum Gasteiger partial charge on any atom is 0.269 e. The van der Waals surface area contributed by atoms with Crippen molar-refractivity contribution in [3.8, 4) is 0 Å². The topological polar surface area (TPSA) is 66.7 Å². The van der Waals surface area contributed by atoms with E-state index in [2.05, 4.69) is 4.90 Å². The third-order valence-corrected chi connectivity index (χ3v) is 4.30. The molecule has 1 saturated heterocycles. The van der Waals surface area contributed by atoms with Gasteiger partial charge in [0.15, 0.2) is 0 Å². The highest BCUT2D eigenvalue weighted by Crippen LogP contribution is 2.17. The van der Waals surface area contributed by atoms with Crippen LogP contribution >= 0.6 is 0 Å². The van der Waals surface area contributed by atoms with Crippen LogP contribution < -0.4 is 0 Å². The first-order chi connectivity index (χ1) is 12.4. The summed E-state index contributed by atoms with van der Waals surface area (Å²) in [6.07, 6.45) is 0. The van der Waals surface area contributed by atoms with Crippen molar-refractivity contribution in [3.05, 3.63) is 75.3 Å². The molecule has 26 heavy (non-hydrogen) atoms. The largest absolute Gasteiger partial charge is 0.336 e. The first kappa shape index (κ1) is 17.9. The molecule has 1 heterocycles. The number of rotatable bonds is 4. The Balaban J connectivity index is 1.59. The fourth-order valence-electron chi connectivity index (χ4n) is 3.00. The van der Waals surface area contributed by atoms with E-state index in [1.807, 2.05) is 6.07 Å². The molecule has 1 fully saturated rings. The molecule has 1 aliphatic rings. The number of carbonyl (C=O) groups is 1. The first-order valence-corrected chi connectivity index (χ1v) is 8.13. The lowest BCUT2D eigenvalue weighted by Gasteiger charge is -2.34. The van der Waals surface area contributed by atoms with E-state index in [-0.39, 0.29) is 11.3 Å². The van der Waals surface area contributed by atoms with Gasteiger partial charge in [-0.05, 0) is 17.7 Å². The van der Waals surface area contributed by atoms with Crippen LogP contribution in [0.2, 0.25) is 0 Å². The molecule has 0 spiro atoms. The number of halogens is 2. The zero-order chi connectivity index (χ0) is 18.7. The monoisotopic (exact) mass is 361 g/mol. The van der Waals surface area contributed by atoms with Crippen molar-refractivity contribution < 1.29 is 18.5 Å². The van der Waals surface area contributed by atoms with Gasteiger partial charge in [0.1, 0.15) is 11.6 Å². The van der Waals surface area contributed by atoms with Gasteiger partial charge in [-0.25, -0.2) is 8.78 Å². The maximum absolute atomic E-state index is 13.3. The molecular weight excluding hydrogens is 344 g/mol. The van der Waals surface area contributed by atoms with E-state index in [4.69, 9.17) is 0 Å². The molecular formula is C18H17F2N3O3. The standard InChI is InChI=1S/C18H17F2N3O3/c19-15-9-14(10-16(20)11-15)18(24)22-6-4-21(5-7-22)12-13-2-1-3-17(8-13)23(25)26/h1-3,8-11H,4-7,12H2. The minimum absolute atomic E-state index is 0.00497. The number of hydrogen-bond donors (Lipinski definition) is 0. The van der Waals surface area contributed by atoms with Crippen molar-refractivity contribution in [2.75, 3.05) is 26.2 Å². The van der Waals surface area contributed by atoms with Gasteiger partial charge in [0.25, 0.3) is 11.6 Å². The number of benzene rings is 2. The smallest absolute Gasteiger partial charge is 0.269 e. The average molecular weight is 361 g/mol. The van der Waals surface area contributed by atoms with Crippen molar-refractivity contribution in [2.45, 2.75) is 6.54 Å². The van der Waals surface area contributed by atoms with Crippen molar-refractivity contribution in [1.82, 2.24) is 9.80 Å². The molecule has 1 aliphatic heterocycles. The molecule has 136 valence electrons. The molecule has 2 aromatic carbocycles. The third kappa shape index (κ3) is 4.20. The van der Waals surface area contributed by atoms with Gasteiger partial charge in [-0.1, -0.05) is 12.1 Å². The fourth-order valence-corrected chi connectivity index (χ4v) is 3.00. The van der Waals surface area contributed by atoms with Gasteiger partial charge in [-0.2, -0.15) is 0 Å². The van der Waals surface area contributed by atoms with Crippen molar-refractivity contribution in [3.63, 3.8) is 0 Å². The van der Waals surface area contributed by atoms with Gasteiger partial charge >= 0.3 is 0 Å². The highest BCUT2D eigenvalue weighted by Gasteiger charge is 2.23. The van der Waals surface area contributed by atoms with Crippen LogP contribution in [0.1, 0.15) is 15.9 Å². The molecule has 0 aliphatic carbocycles. The number of carbonyl (C=O) groups excluding carboxylic acids is 1. The van der Waals surface area contributed by atoms with Gasteiger partial charge < -0.3 is 4.90 Å². The summed E-state index contributed by atoms with van der Waals surface area (Å²) in [6, 6.07) is 9.23. The predicted molar refractivity (Wildman–Crippen MR) is 90.6 cm³/mol. The minimum atomic E-state index is -0.780. The fraction of sp³-hybridized carbons (Fsp3) is 0.278. The summed E-state index contributed by atoms with van der Waals surface area (Å²) in [4.78, 5) is 26.4. The maximum atomic E-state index is 13.3. The minimum Gasteiger partial charge on any atom is -0.336 e. The quantitative estimate of drug-likeness (QED) is 0.620. The molecule has 3 rings (SSSR count). The number of nitro groups is 1. The van der Waals surface area contributed by atoms with E-state index in [9.17, 15) is 23.7 Å². The first-order valence-electron chi connectivity index (χ1n) is 8.13. The lowest BCUT2D eigenvalue weighted by atomic mass is 10.1. The second-order valence-corrected chi connectivity index (χ2v) is 6.15. The number of nitro benzene ring substituents is 1. The van der Waals surface area contributed by atoms with Crippen molar-refractivity contribution >= 4 is 11.6 Å². The third-order valence-electron chi connectivity index (χ3n) is 4.30. The zero-order valence-electron chi connectivity index (χ0n) is 13.9. The Kier molecular flexibility index (Phi) is 5.22. The van der Waals surface area contributed by atoms with E-state index in [0.29, 0.717) is 32.7 Å². The Hall–Kier alpha value is -2.87. The Labute approximate surface area is 148 Å². The molecule has 2 aromatic rings. The van der Waals surface area contributed by atoms with E-state index in [1.54, 1.807) is 11.0 Å². The summed E-state index contributed by atoms with van der Waals surface area (Å²) >= 11 is 0. The van der Waals surface area contributed by atoms with Crippen LogP contribution in [0.3, 0.4) is 0 Å². The number of piperazine rings is 1. The Morgan fingerprint density at radius 3 is 2.31 bits per heavy atom. The molecule has 0 saturated carbocycles. The SMILES string of the molecule is O=C(c1cc(F)cc(F)c1)N1CCN(Cc2cccc([N+](=O)[O-])c2)CC1. The highest BCUT2D eigenvalue weighted by atomic mass is 19.1. The molecule has 0 atom stereocenters. The molecule has 6 nitrogen and oxygen atoms in total. The van der Waals surface area contributed by atoms with Crippen molar-refractivity contribution in [1.29, 1.82) is 0 Å². The van der Waals surface area contributed by atoms with Crippen LogP contribution in [0, 0.1) is 21.7 Å². The summed E-state index contributed by atoms with van der Waals surface area (Å²) in [5.41, 5.74) is 0.866. The van der Waals surface area contributed by atoms with E-state index in [1.165, 1.54) is 12.1 Å². The van der Waals surface area contributed by atoms with Gasteiger partial charge in [-0.15, -0.1) is 0 Å². The lowest BCUT2D eigenvalue weighted by Crippen LogP contribution is -2.48. The van der Waals surface area contributed by atoms with Crippen molar-refractivity contribution in [2.24, 2.45) is 0 Å². The Morgan fingerprint density at radius 2 is 1.69 bits per heavy atom. The molecule has 0 unspecified atom stereocenters. The molecule has 0 bridgehead atoms. The van der Waals surface area contributed by atoms with Crippen LogP contribution in [0.15, 0.2) is 42.5 Å². The van der Waals surface area contributed by atoms with Gasteiger partial charge in [0.05, 0.1) is 4.92 Å². The molecule has 0 aromatic heterocycles. The molecule has 0 radical (unpaired) electrons. The lowest BCUT2D eigenvalue weighted by molar-refractivity contribution is -0.384. The van der Waals surface area contributed by atoms with Crippen LogP contribution in [-0.4, -0.2) is 46.8 Å². The average Bonchev–Trinajstić information content (AvgIpc) is 2.61. The summed E-state index contributed by atoms with van der Waals surface area (Å²) in [5.74, 6) is -1.96. The van der Waals surface area contributed by atoms with Crippen LogP contribution in [0.25, 0.3) is 0 Å². The second-order valence-electron chi connectivity index (χ2n) is 6.15. The van der Waals surface area contributed by atoms with E-state index < -0.39 is 22.5 Å². The second kappa shape index (κ2) is 7.57. The summed E-state index contributed by atoms with van der Waals surface area (Å²) in [5, 5.41) is 10.8. The van der Waals surface area contributed by atoms with Gasteiger partial charge in [0.2, 0.25) is 0 Å². The normalized spacial score (nSPS) is 15.1. The van der Waals surface area contributed by atoms with Crippen LogP contribution in [-0.2, 0) is 6.54 Å². The zero-order valence-corrected chi connectivity index (χ0v) is 13.9. The predicted octanol–water partition coefficient (Wildman–Crippen LogP) is 2.83. The van der Waals surface area contributed by atoms with Crippen LogP contribution in [0.4, 0.5) is 14.5 Å². The van der Waals surface area contributed by atoms with E-state index in [0.717, 1.165) is 23.8 Å². The number of hydrogen-bond acceptors (Lipinski definition) is 4. The number of non-ortho nitro benzene ring substituents is 1. The Morgan fingerprint density at radius 1 is 1.04 bits per heavy atom. The van der Waals surface area contributed by atoms with Crippen LogP contribution in [0.5, 0.6) is 0 Å². The highest BCUT2D eigenvalue weighted by molar-refractivity contribution is 5.94. The molecule has 1 amide bonds.